The van der Waals surface area contributed by atoms with E-state index in [1.807, 2.05) is 0 Å². The number of nitro groups is 1. The van der Waals surface area contributed by atoms with E-state index in [4.69, 9.17) is 4.74 Å². The lowest BCUT2D eigenvalue weighted by Gasteiger charge is -2.25. The third-order valence-electron chi connectivity index (χ3n) is 5.51. The van der Waals surface area contributed by atoms with E-state index in [1.165, 1.54) is 23.1 Å². The lowest BCUT2D eigenvalue weighted by atomic mass is 9.95. The molecular formula is C26H21N3O6. The molecule has 0 aliphatic carbocycles. The molecular weight excluding hydrogens is 450 g/mol. The Morgan fingerprint density at radius 1 is 1.17 bits per heavy atom. The van der Waals surface area contributed by atoms with Crippen molar-refractivity contribution in [2.75, 3.05) is 6.61 Å². The predicted octanol–water partition coefficient (Wildman–Crippen LogP) is 4.18. The molecule has 1 fully saturated rings. The molecule has 0 bridgehead atoms. The highest BCUT2D eigenvalue weighted by molar-refractivity contribution is 6.46. The molecule has 0 saturated carbocycles. The minimum Gasteiger partial charge on any atom is -0.507 e. The van der Waals surface area contributed by atoms with E-state index in [9.17, 15) is 24.8 Å². The van der Waals surface area contributed by atoms with Gasteiger partial charge in [0, 0.05) is 36.6 Å². The molecule has 3 aromatic rings. The van der Waals surface area contributed by atoms with Gasteiger partial charge in [-0.25, -0.2) is 0 Å². The average molecular weight is 471 g/mol. The molecule has 176 valence electrons. The molecule has 1 aliphatic heterocycles. The second-order valence-corrected chi connectivity index (χ2v) is 7.76. The number of aliphatic hydroxyl groups excluding tert-OH is 1. The summed E-state index contributed by atoms with van der Waals surface area (Å²) in [5.74, 6) is -1.55. The number of Topliss-reactive ketones (excluding diaryl/α,β-unsaturated/α-hetero) is 1. The number of pyridine rings is 1. The maximum Gasteiger partial charge on any atom is 0.295 e. The topological polar surface area (TPSA) is 123 Å². The van der Waals surface area contributed by atoms with Gasteiger partial charge in [0.2, 0.25) is 0 Å². The minimum absolute atomic E-state index is 0.0247. The lowest BCUT2D eigenvalue weighted by molar-refractivity contribution is -0.384. The molecule has 9 nitrogen and oxygen atoms in total. The Kier molecular flexibility index (Phi) is 6.68. The Morgan fingerprint density at radius 3 is 2.60 bits per heavy atom. The molecule has 1 aliphatic rings. The van der Waals surface area contributed by atoms with Crippen molar-refractivity contribution in [2.45, 2.75) is 12.6 Å². The van der Waals surface area contributed by atoms with E-state index in [0.29, 0.717) is 29.0 Å². The number of likely N-dealkylation sites (tertiary alicyclic amines) is 1. The zero-order valence-corrected chi connectivity index (χ0v) is 18.5. The summed E-state index contributed by atoms with van der Waals surface area (Å²) in [7, 11) is 0. The van der Waals surface area contributed by atoms with Crippen molar-refractivity contribution < 1.29 is 24.4 Å². The number of aliphatic hydroxyl groups is 1. The van der Waals surface area contributed by atoms with Crippen LogP contribution in [0.25, 0.3) is 5.76 Å². The summed E-state index contributed by atoms with van der Waals surface area (Å²) in [6.07, 6.45) is 4.74. The number of non-ortho nitro benzene ring substituents is 1. The monoisotopic (exact) mass is 471 g/mol. The van der Waals surface area contributed by atoms with E-state index in [1.54, 1.807) is 60.9 Å². The van der Waals surface area contributed by atoms with Crippen LogP contribution in [0.1, 0.15) is 22.7 Å². The first-order chi connectivity index (χ1) is 16.9. The molecule has 9 heteroatoms. The van der Waals surface area contributed by atoms with Gasteiger partial charge in [0.05, 0.1) is 16.5 Å². The van der Waals surface area contributed by atoms with Gasteiger partial charge in [0.25, 0.3) is 17.4 Å². The van der Waals surface area contributed by atoms with Crippen LogP contribution in [-0.2, 0) is 16.1 Å². The molecule has 1 saturated heterocycles. The van der Waals surface area contributed by atoms with Gasteiger partial charge >= 0.3 is 0 Å². The zero-order chi connectivity index (χ0) is 24.9. The van der Waals surface area contributed by atoms with E-state index in [2.05, 4.69) is 11.6 Å². The van der Waals surface area contributed by atoms with Gasteiger partial charge < -0.3 is 14.7 Å². The number of benzene rings is 2. The largest absolute Gasteiger partial charge is 0.507 e. The lowest BCUT2D eigenvalue weighted by Crippen LogP contribution is -2.29. The molecule has 1 unspecified atom stereocenters. The third-order valence-corrected chi connectivity index (χ3v) is 5.51. The first kappa shape index (κ1) is 23.4. The van der Waals surface area contributed by atoms with Gasteiger partial charge in [-0.05, 0) is 41.5 Å². The summed E-state index contributed by atoms with van der Waals surface area (Å²) < 4.78 is 5.45. The number of ether oxygens (including phenoxy) is 1. The van der Waals surface area contributed by atoms with Crippen LogP contribution in [0.3, 0.4) is 0 Å². The Balaban J connectivity index is 1.82. The van der Waals surface area contributed by atoms with Crippen LogP contribution in [0.15, 0.2) is 91.3 Å². The molecule has 2 aromatic carbocycles. The fourth-order valence-corrected chi connectivity index (χ4v) is 3.91. The molecule has 1 aromatic heterocycles. The average Bonchev–Trinajstić information content (AvgIpc) is 3.13. The Labute approximate surface area is 200 Å². The summed E-state index contributed by atoms with van der Waals surface area (Å²) in [5.41, 5.74) is 0.936. The second-order valence-electron chi connectivity index (χ2n) is 7.76. The van der Waals surface area contributed by atoms with E-state index in [0.717, 1.165) is 0 Å². The van der Waals surface area contributed by atoms with Gasteiger partial charge in [-0.15, -0.1) is 0 Å². The maximum absolute atomic E-state index is 13.1. The highest BCUT2D eigenvalue weighted by Gasteiger charge is 2.46. The molecule has 1 atom stereocenters. The van der Waals surface area contributed by atoms with Crippen LogP contribution >= 0.6 is 0 Å². The number of hydrogen-bond acceptors (Lipinski definition) is 7. The van der Waals surface area contributed by atoms with E-state index in [-0.39, 0.29) is 23.6 Å². The quantitative estimate of drug-likeness (QED) is 0.131. The Bertz CT molecular complexity index is 1320. The standard InChI is InChI=1S/C26H21N3O6/c1-2-13-35-21-10-8-18(9-11-21)24(30)22-23(19-6-3-7-20(14-19)29(33)34)28(26(32)25(22)31)16-17-5-4-12-27-15-17/h2-12,14-15,23,30H,1,13,16H2/b24-22-. The predicted molar refractivity (Wildman–Crippen MR) is 127 cm³/mol. The first-order valence-corrected chi connectivity index (χ1v) is 10.7. The Morgan fingerprint density at radius 2 is 1.94 bits per heavy atom. The van der Waals surface area contributed by atoms with Crippen LogP contribution in [-0.4, -0.2) is 38.2 Å². The maximum atomic E-state index is 13.1. The van der Waals surface area contributed by atoms with Crippen LogP contribution in [0, 0.1) is 10.1 Å². The number of aromatic nitrogens is 1. The molecule has 2 heterocycles. The van der Waals surface area contributed by atoms with Crippen molar-refractivity contribution in [3.63, 3.8) is 0 Å². The van der Waals surface area contributed by atoms with Gasteiger partial charge in [0.15, 0.2) is 0 Å². The molecule has 35 heavy (non-hydrogen) atoms. The van der Waals surface area contributed by atoms with Crippen molar-refractivity contribution in [1.82, 2.24) is 9.88 Å². The van der Waals surface area contributed by atoms with E-state index >= 15 is 0 Å². The highest BCUT2D eigenvalue weighted by Crippen LogP contribution is 2.41. The number of rotatable bonds is 8. The molecule has 1 N–H and O–H groups in total. The third kappa shape index (κ3) is 4.79. The van der Waals surface area contributed by atoms with Gasteiger partial charge in [-0.2, -0.15) is 0 Å². The molecule has 0 spiro atoms. The normalized spacial score (nSPS) is 16.8. The Hall–Kier alpha value is -4.79. The fourth-order valence-electron chi connectivity index (χ4n) is 3.91. The smallest absolute Gasteiger partial charge is 0.295 e. The summed E-state index contributed by atoms with van der Waals surface area (Å²) in [6.45, 7) is 3.92. The van der Waals surface area contributed by atoms with Crippen molar-refractivity contribution in [3.8, 4) is 5.75 Å². The number of nitro benzene ring substituents is 1. The van der Waals surface area contributed by atoms with Crippen molar-refractivity contribution in [2.24, 2.45) is 0 Å². The van der Waals surface area contributed by atoms with Gasteiger partial charge in [0.1, 0.15) is 18.1 Å². The molecule has 0 radical (unpaired) electrons. The number of nitrogens with zero attached hydrogens (tertiary/aromatic N) is 3. The number of amides is 1. The fraction of sp³-hybridized carbons (Fsp3) is 0.115. The number of hydrogen-bond donors (Lipinski definition) is 1. The van der Waals surface area contributed by atoms with Crippen molar-refractivity contribution in [3.05, 3.63) is 118 Å². The SMILES string of the molecule is C=CCOc1ccc(/C(O)=C2/C(=O)C(=O)N(Cc3cccnc3)C2c2cccc([N+](=O)[O-])c2)cc1. The molecule has 4 rings (SSSR count). The summed E-state index contributed by atoms with van der Waals surface area (Å²) in [4.78, 5) is 42.4. The zero-order valence-electron chi connectivity index (χ0n) is 18.5. The van der Waals surface area contributed by atoms with Crippen LogP contribution in [0.2, 0.25) is 0 Å². The minimum atomic E-state index is -1.04. The molecule has 1 amide bonds. The van der Waals surface area contributed by atoms with E-state index < -0.39 is 22.7 Å². The van der Waals surface area contributed by atoms with Gasteiger partial charge in [-0.3, -0.25) is 24.7 Å². The van der Waals surface area contributed by atoms with Crippen LogP contribution in [0.4, 0.5) is 5.69 Å². The van der Waals surface area contributed by atoms with Crippen LogP contribution in [0.5, 0.6) is 5.75 Å². The van der Waals surface area contributed by atoms with Gasteiger partial charge in [-0.1, -0.05) is 30.9 Å². The second kappa shape index (κ2) is 10.0. The highest BCUT2D eigenvalue weighted by atomic mass is 16.6. The number of carbonyl (C=O) groups is 2. The van der Waals surface area contributed by atoms with Crippen molar-refractivity contribution in [1.29, 1.82) is 0 Å². The van der Waals surface area contributed by atoms with Crippen molar-refractivity contribution >= 4 is 23.1 Å². The first-order valence-electron chi connectivity index (χ1n) is 10.7. The summed E-state index contributed by atoms with van der Waals surface area (Å²) in [5, 5.41) is 22.5. The summed E-state index contributed by atoms with van der Waals surface area (Å²) >= 11 is 0. The number of carbonyl (C=O) groups excluding carboxylic acids is 2. The van der Waals surface area contributed by atoms with Crippen LogP contribution < -0.4 is 4.74 Å². The number of ketones is 1. The summed E-state index contributed by atoms with van der Waals surface area (Å²) in [6, 6.07) is 14.4.